The van der Waals surface area contributed by atoms with Crippen LogP contribution in [-0.2, 0) is 31.4 Å². The number of hydrogen-bond acceptors (Lipinski definition) is 6. The second-order valence-corrected chi connectivity index (χ2v) is 10.9. The lowest BCUT2D eigenvalue weighted by atomic mass is 10.2. The second-order valence-electron chi connectivity index (χ2n) is 7.20. The van der Waals surface area contributed by atoms with E-state index < -0.39 is 32.5 Å². The lowest BCUT2D eigenvalue weighted by Gasteiger charge is -2.20. The van der Waals surface area contributed by atoms with Gasteiger partial charge in [-0.15, -0.1) is 0 Å². The molecule has 2 N–H and O–H groups in total. The van der Waals surface area contributed by atoms with Gasteiger partial charge in [0.05, 0.1) is 30.5 Å². The average Bonchev–Trinajstić information content (AvgIpc) is 2.66. The minimum absolute atomic E-state index is 0.0248. The third kappa shape index (κ3) is 7.31. The Hall–Kier alpha value is -2.47. The van der Waals surface area contributed by atoms with E-state index >= 15 is 0 Å². The maximum Gasteiger partial charge on any atom is 0.240 e. The Morgan fingerprint density at radius 1 is 1.06 bits per heavy atom. The molecule has 9 nitrogen and oxygen atoms in total. The van der Waals surface area contributed by atoms with Crippen molar-refractivity contribution in [2.75, 3.05) is 25.2 Å². The van der Waals surface area contributed by atoms with Crippen molar-refractivity contribution >= 4 is 31.6 Å². The fourth-order valence-electron chi connectivity index (χ4n) is 2.76. The minimum atomic E-state index is -3.79. The molecule has 0 heterocycles. The molecule has 1 amide bonds. The third-order valence-corrected chi connectivity index (χ3v) is 6.99. The van der Waals surface area contributed by atoms with Gasteiger partial charge >= 0.3 is 0 Å². The number of rotatable bonds is 10. The first-order valence-corrected chi connectivity index (χ1v) is 12.7. The molecule has 0 aromatic heterocycles. The van der Waals surface area contributed by atoms with Crippen LogP contribution in [0.2, 0.25) is 0 Å². The maximum absolute atomic E-state index is 12.6. The molecule has 0 fully saturated rings. The zero-order valence-electron chi connectivity index (χ0n) is 17.8. The smallest absolute Gasteiger partial charge is 0.240 e. The Kier molecular flexibility index (Phi) is 8.18. The van der Waals surface area contributed by atoms with Crippen LogP contribution >= 0.6 is 0 Å². The van der Waals surface area contributed by atoms with E-state index in [-0.39, 0.29) is 28.9 Å². The molecule has 11 heteroatoms. The molecule has 31 heavy (non-hydrogen) atoms. The Labute approximate surface area is 183 Å². The molecule has 2 rings (SSSR count). The number of ether oxygens (including phenoxy) is 1. The Bertz CT molecular complexity index is 1120. The highest BCUT2D eigenvalue weighted by Gasteiger charge is 2.22. The van der Waals surface area contributed by atoms with Gasteiger partial charge in [0.2, 0.25) is 26.0 Å². The minimum Gasteiger partial charge on any atom is -0.495 e. The van der Waals surface area contributed by atoms with Gasteiger partial charge in [0, 0.05) is 12.6 Å². The third-order valence-electron chi connectivity index (χ3n) is 4.14. The summed E-state index contributed by atoms with van der Waals surface area (Å²) in [7, 11) is -6.09. The predicted molar refractivity (Wildman–Crippen MR) is 119 cm³/mol. The monoisotopic (exact) mass is 469 g/mol. The molecule has 2 aromatic rings. The Morgan fingerprint density at radius 3 is 2.26 bits per heavy atom. The maximum atomic E-state index is 12.6. The highest BCUT2D eigenvalue weighted by Crippen LogP contribution is 2.27. The van der Waals surface area contributed by atoms with Gasteiger partial charge in [0.25, 0.3) is 0 Å². The summed E-state index contributed by atoms with van der Waals surface area (Å²) in [5.41, 5.74) is 0.846. The van der Waals surface area contributed by atoms with Crippen LogP contribution in [0.25, 0.3) is 0 Å². The fourth-order valence-corrected chi connectivity index (χ4v) is 4.77. The fraction of sp³-hybridized carbons (Fsp3) is 0.350. The molecule has 0 unspecified atom stereocenters. The van der Waals surface area contributed by atoms with Gasteiger partial charge in [-0.05, 0) is 37.6 Å². The molecule has 0 saturated carbocycles. The summed E-state index contributed by atoms with van der Waals surface area (Å²) in [5.74, 6) is -0.392. The van der Waals surface area contributed by atoms with Crippen molar-refractivity contribution in [2.24, 2.45) is 0 Å². The van der Waals surface area contributed by atoms with Crippen molar-refractivity contribution < 1.29 is 26.4 Å². The highest BCUT2D eigenvalue weighted by molar-refractivity contribution is 7.89. The molecular weight excluding hydrogens is 442 g/mol. The summed E-state index contributed by atoms with van der Waals surface area (Å²) < 4.78 is 57.9. The topological polar surface area (TPSA) is 122 Å². The van der Waals surface area contributed by atoms with Crippen molar-refractivity contribution in [1.29, 1.82) is 0 Å². The molecule has 170 valence electrons. The first-order chi connectivity index (χ1) is 14.4. The zero-order chi connectivity index (χ0) is 23.2. The standard InChI is InChI=1S/C20H27N3O6S2/c1-15(2)22-31(27,28)17-10-11-19(29-3)18(12-17)21-20(24)14-23(30(4,25)26)13-16-8-6-5-7-9-16/h5-12,15,22H,13-14H2,1-4H3,(H,21,24). The first-order valence-electron chi connectivity index (χ1n) is 9.41. The highest BCUT2D eigenvalue weighted by atomic mass is 32.2. The molecule has 0 atom stereocenters. The number of anilines is 1. The number of carbonyl (C=O) groups is 1. The lowest BCUT2D eigenvalue weighted by molar-refractivity contribution is -0.116. The van der Waals surface area contributed by atoms with Gasteiger partial charge in [-0.1, -0.05) is 30.3 Å². The summed E-state index contributed by atoms with van der Waals surface area (Å²) in [5, 5.41) is 2.55. The first kappa shape index (κ1) is 24.8. The van der Waals surface area contributed by atoms with E-state index in [1.165, 1.54) is 25.3 Å². The van der Waals surface area contributed by atoms with Gasteiger partial charge in [-0.3, -0.25) is 4.79 Å². The quantitative estimate of drug-likeness (QED) is 0.547. The van der Waals surface area contributed by atoms with Crippen molar-refractivity contribution in [3.63, 3.8) is 0 Å². The molecule has 2 aromatic carbocycles. The molecule has 0 spiro atoms. The summed E-state index contributed by atoms with van der Waals surface area (Å²) in [4.78, 5) is 12.6. The molecule has 0 bridgehead atoms. The molecule has 0 saturated heterocycles. The van der Waals surface area contributed by atoms with Crippen LogP contribution in [0.15, 0.2) is 53.4 Å². The van der Waals surface area contributed by atoms with E-state index in [9.17, 15) is 21.6 Å². The van der Waals surface area contributed by atoms with Gasteiger partial charge < -0.3 is 10.1 Å². The van der Waals surface area contributed by atoms with Crippen molar-refractivity contribution in [3.05, 3.63) is 54.1 Å². The van der Waals surface area contributed by atoms with Crippen molar-refractivity contribution in [2.45, 2.75) is 31.3 Å². The van der Waals surface area contributed by atoms with Gasteiger partial charge in [-0.2, -0.15) is 4.31 Å². The molecule has 0 aliphatic heterocycles. The van der Waals surface area contributed by atoms with E-state index in [2.05, 4.69) is 10.0 Å². The number of nitrogens with zero attached hydrogens (tertiary/aromatic N) is 1. The molecule has 0 radical (unpaired) electrons. The number of carbonyl (C=O) groups excluding carboxylic acids is 1. The number of sulfonamides is 2. The molecule has 0 aliphatic rings. The van der Waals surface area contributed by atoms with E-state index in [0.29, 0.717) is 0 Å². The van der Waals surface area contributed by atoms with E-state index in [1.807, 2.05) is 6.07 Å². The summed E-state index contributed by atoms with van der Waals surface area (Å²) in [6.07, 6.45) is 1.02. The van der Waals surface area contributed by atoms with Crippen LogP contribution in [0, 0.1) is 0 Å². The van der Waals surface area contributed by atoms with Gasteiger partial charge in [-0.25, -0.2) is 21.6 Å². The Balaban J connectivity index is 2.25. The zero-order valence-corrected chi connectivity index (χ0v) is 19.5. The predicted octanol–water partition coefficient (Wildman–Crippen LogP) is 1.78. The van der Waals surface area contributed by atoms with Crippen LogP contribution in [0.4, 0.5) is 5.69 Å². The van der Waals surface area contributed by atoms with Crippen LogP contribution in [0.5, 0.6) is 5.75 Å². The lowest BCUT2D eigenvalue weighted by Crippen LogP contribution is -2.37. The normalized spacial score (nSPS) is 12.2. The summed E-state index contributed by atoms with van der Waals surface area (Å²) in [6, 6.07) is 12.6. The number of amides is 1. The van der Waals surface area contributed by atoms with Gasteiger partial charge in [0.15, 0.2) is 0 Å². The number of nitrogens with one attached hydrogen (secondary N) is 2. The van der Waals surface area contributed by atoms with Crippen LogP contribution in [0.1, 0.15) is 19.4 Å². The molecular formula is C20H27N3O6S2. The van der Waals surface area contributed by atoms with E-state index in [1.54, 1.807) is 38.1 Å². The van der Waals surface area contributed by atoms with E-state index in [4.69, 9.17) is 4.74 Å². The largest absolute Gasteiger partial charge is 0.495 e. The van der Waals surface area contributed by atoms with Crippen LogP contribution in [-0.4, -0.2) is 53.0 Å². The van der Waals surface area contributed by atoms with Crippen molar-refractivity contribution in [3.8, 4) is 5.75 Å². The van der Waals surface area contributed by atoms with E-state index in [0.717, 1.165) is 16.1 Å². The van der Waals surface area contributed by atoms with Crippen LogP contribution < -0.4 is 14.8 Å². The second kappa shape index (κ2) is 10.2. The SMILES string of the molecule is COc1ccc(S(=O)(=O)NC(C)C)cc1NC(=O)CN(Cc1ccccc1)S(C)(=O)=O. The Morgan fingerprint density at radius 2 is 1.71 bits per heavy atom. The number of hydrogen-bond donors (Lipinski definition) is 2. The van der Waals surface area contributed by atoms with Crippen LogP contribution in [0.3, 0.4) is 0 Å². The average molecular weight is 470 g/mol. The number of methoxy groups -OCH3 is 1. The number of benzene rings is 2. The summed E-state index contributed by atoms with van der Waals surface area (Å²) in [6.45, 7) is 2.96. The van der Waals surface area contributed by atoms with Crippen molar-refractivity contribution in [1.82, 2.24) is 9.03 Å². The summed E-state index contributed by atoms with van der Waals surface area (Å²) >= 11 is 0. The molecule has 0 aliphatic carbocycles. The van der Waals surface area contributed by atoms with Gasteiger partial charge in [0.1, 0.15) is 5.75 Å².